The fourth-order valence-corrected chi connectivity index (χ4v) is 2.23. The largest absolute Gasteiger partial charge is 0.379 e. The lowest BCUT2D eigenvalue weighted by Gasteiger charge is -2.18. The highest BCUT2D eigenvalue weighted by atomic mass is 16.5. The normalized spacial score (nSPS) is 25.0. The molecule has 1 atom stereocenters. The van der Waals surface area contributed by atoms with Crippen molar-refractivity contribution in [1.29, 1.82) is 0 Å². The monoisotopic (exact) mass is 240 g/mol. The van der Waals surface area contributed by atoms with Gasteiger partial charge in [-0.1, -0.05) is 13.8 Å². The van der Waals surface area contributed by atoms with Gasteiger partial charge in [0.15, 0.2) is 0 Å². The second-order valence-electron chi connectivity index (χ2n) is 5.51. The zero-order valence-electron chi connectivity index (χ0n) is 10.9. The molecule has 0 aromatic carbocycles. The Morgan fingerprint density at radius 3 is 2.82 bits per heavy atom. The van der Waals surface area contributed by atoms with E-state index >= 15 is 0 Å². The second kappa shape index (κ2) is 5.83. The molecule has 1 saturated heterocycles. The predicted octanol–water partition coefficient (Wildman–Crippen LogP) is 1.01. The van der Waals surface area contributed by atoms with Crippen LogP contribution in [0.4, 0.5) is 0 Å². The van der Waals surface area contributed by atoms with Gasteiger partial charge < -0.3 is 15.0 Å². The number of likely N-dealkylation sites (tertiary alicyclic amines) is 1. The quantitative estimate of drug-likeness (QED) is 0.675. The number of ether oxygens (including phenoxy) is 1. The molecule has 1 aliphatic carbocycles. The zero-order chi connectivity index (χ0) is 12.3. The summed E-state index contributed by atoms with van der Waals surface area (Å²) in [6, 6.07) is 0.397. The average molecular weight is 240 g/mol. The topological polar surface area (TPSA) is 41.6 Å². The first-order valence-electron chi connectivity index (χ1n) is 6.79. The highest BCUT2D eigenvalue weighted by molar-refractivity contribution is 5.84. The molecule has 0 spiro atoms. The summed E-state index contributed by atoms with van der Waals surface area (Å²) >= 11 is 0. The number of rotatable bonds is 7. The number of nitrogens with one attached hydrogen (secondary N) is 1. The van der Waals surface area contributed by atoms with Crippen molar-refractivity contribution in [3.63, 3.8) is 0 Å². The van der Waals surface area contributed by atoms with Crippen molar-refractivity contribution >= 4 is 5.91 Å². The number of hydrogen-bond acceptors (Lipinski definition) is 3. The summed E-state index contributed by atoms with van der Waals surface area (Å²) in [5, 5.41) is 3.31. The molecule has 17 heavy (non-hydrogen) atoms. The van der Waals surface area contributed by atoms with Crippen molar-refractivity contribution in [2.75, 3.05) is 26.3 Å². The Balaban J connectivity index is 1.62. The van der Waals surface area contributed by atoms with Gasteiger partial charge in [-0.05, 0) is 25.2 Å². The predicted molar refractivity (Wildman–Crippen MR) is 66.8 cm³/mol. The molecule has 0 radical (unpaired) electrons. The number of hydrogen-bond donors (Lipinski definition) is 1. The molecule has 0 bridgehead atoms. The molecule has 1 aliphatic heterocycles. The molecule has 1 heterocycles. The van der Waals surface area contributed by atoms with E-state index in [0.29, 0.717) is 12.6 Å². The van der Waals surface area contributed by atoms with E-state index < -0.39 is 0 Å². The molecule has 4 nitrogen and oxygen atoms in total. The Labute approximate surface area is 104 Å². The van der Waals surface area contributed by atoms with Crippen molar-refractivity contribution < 1.29 is 9.53 Å². The third kappa shape index (κ3) is 3.96. The fourth-order valence-electron chi connectivity index (χ4n) is 2.23. The van der Waals surface area contributed by atoms with E-state index in [0.717, 1.165) is 32.0 Å². The van der Waals surface area contributed by atoms with Crippen molar-refractivity contribution in [2.45, 2.75) is 45.2 Å². The molecule has 2 rings (SSSR count). The van der Waals surface area contributed by atoms with Crippen LogP contribution < -0.4 is 5.32 Å². The third-order valence-electron chi connectivity index (χ3n) is 3.39. The lowest BCUT2D eigenvalue weighted by molar-refractivity contribution is -0.130. The number of carbonyl (C=O) groups is 1. The minimum atomic E-state index is 0.0263. The van der Waals surface area contributed by atoms with Crippen LogP contribution in [0.15, 0.2) is 0 Å². The summed E-state index contributed by atoms with van der Waals surface area (Å²) in [6.45, 7) is 7.35. The summed E-state index contributed by atoms with van der Waals surface area (Å²) in [6.07, 6.45) is 3.58. The van der Waals surface area contributed by atoms with E-state index in [4.69, 9.17) is 4.74 Å². The Hall–Kier alpha value is -0.610. The van der Waals surface area contributed by atoms with E-state index in [9.17, 15) is 4.79 Å². The average Bonchev–Trinajstić information content (AvgIpc) is 3.03. The van der Waals surface area contributed by atoms with E-state index in [2.05, 4.69) is 19.2 Å². The fraction of sp³-hybridized carbons (Fsp3) is 0.923. The Bertz CT molecular complexity index is 264. The van der Waals surface area contributed by atoms with E-state index in [-0.39, 0.29) is 11.9 Å². The van der Waals surface area contributed by atoms with E-state index in [1.165, 1.54) is 12.8 Å². The molecule has 4 heteroatoms. The third-order valence-corrected chi connectivity index (χ3v) is 3.39. The van der Waals surface area contributed by atoms with Gasteiger partial charge in [0.1, 0.15) is 0 Å². The Morgan fingerprint density at radius 2 is 2.18 bits per heavy atom. The maximum absolute atomic E-state index is 12.0. The lowest BCUT2D eigenvalue weighted by Crippen LogP contribution is -2.42. The van der Waals surface area contributed by atoms with Gasteiger partial charge in [-0.2, -0.15) is 0 Å². The van der Waals surface area contributed by atoms with Gasteiger partial charge >= 0.3 is 0 Å². The number of nitrogens with zero attached hydrogens (tertiary/aromatic N) is 1. The van der Waals surface area contributed by atoms with Crippen molar-refractivity contribution in [3.05, 3.63) is 0 Å². The molecule has 98 valence electrons. The first-order chi connectivity index (χ1) is 8.16. The summed E-state index contributed by atoms with van der Waals surface area (Å²) in [5.74, 6) is 1.05. The summed E-state index contributed by atoms with van der Waals surface area (Å²) in [5.41, 5.74) is 0. The molecular formula is C13H24N2O2. The molecular weight excluding hydrogens is 216 g/mol. The van der Waals surface area contributed by atoms with Gasteiger partial charge in [0.25, 0.3) is 0 Å². The molecule has 2 fully saturated rings. The zero-order valence-corrected chi connectivity index (χ0v) is 10.9. The smallest absolute Gasteiger partial charge is 0.239 e. The first-order valence-corrected chi connectivity index (χ1v) is 6.79. The molecule has 1 amide bonds. The van der Waals surface area contributed by atoms with Gasteiger partial charge in [0, 0.05) is 25.7 Å². The second-order valence-corrected chi connectivity index (χ2v) is 5.51. The molecule has 1 N–H and O–H groups in total. The molecule has 1 unspecified atom stereocenters. The van der Waals surface area contributed by atoms with Crippen LogP contribution in [0.5, 0.6) is 0 Å². The van der Waals surface area contributed by atoms with Crippen LogP contribution in [0.25, 0.3) is 0 Å². The number of carbonyl (C=O) groups excluding carboxylic acids is 1. The molecule has 0 aromatic rings. The molecule has 1 saturated carbocycles. The van der Waals surface area contributed by atoms with Crippen LogP contribution in [0.2, 0.25) is 0 Å². The van der Waals surface area contributed by atoms with Crippen molar-refractivity contribution in [1.82, 2.24) is 10.2 Å². The number of amides is 1. The summed E-state index contributed by atoms with van der Waals surface area (Å²) < 4.78 is 5.57. The van der Waals surface area contributed by atoms with Crippen molar-refractivity contribution in [2.24, 2.45) is 5.92 Å². The molecule has 0 aromatic heterocycles. The Kier molecular flexibility index (Phi) is 4.40. The van der Waals surface area contributed by atoms with Gasteiger partial charge in [0.05, 0.1) is 12.6 Å². The van der Waals surface area contributed by atoms with E-state index in [1.807, 2.05) is 4.90 Å². The maximum Gasteiger partial charge on any atom is 0.239 e. The van der Waals surface area contributed by atoms with Gasteiger partial charge in [-0.3, -0.25) is 4.79 Å². The first kappa shape index (κ1) is 12.8. The van der Waals surface area contributed by atoms with Crippen LogP contribution in [0, 0.1) is 5.92 Å². The van der Waals surface area contributed by atoms with E-state index in [1.54, 1.807) is 0 Å². The minimum Gasteiger partial charge on any atom is -0.379 e. The van der Waals surface area contributed by atoms with Gasteiger partial charge in [-0.25, -0.2) is 0 Å². The van der Waals surface area contributed by atoms with Gasteiger partial charge in [-0.15, -0.1) is 0 Å². The van der Waals surface area contributed by atoms with Crippen LogP contribution in [-0.4, -0.2) is 49.2 Å². The van der Waals surface area contributed by atoms with Gasteiger partial charge in [0.2, 0.25) is 5.91 Å². The highest BCUT2D eigenvalue weighted by Gasteiger charge is 2.31. The summed E-state index contributed by atoms with van der Waals surface area (Å²) in [7, 11) is 0. The summed E-state index contributed by atoms with van der Waals surface area (Å²) in [4.78, 5) is 13.9. The maximum atomic E-state index is 12.0. The van der Waals surface area contributed by atoms with Crippen LogP contribution >= 0.6 is 0 Å². The minimum absolute atomic E-state index is 0.0263. The standard InChI is InChI=1S/C13H24N2O2/c1-10(2)14-12-5-6-15(13(12)16)7-8-17-9-11-3-4-11/h10-12,14H,3-9H2,1-2H3. The van der Waals surface area contributed by atoms with Crippen molar-refractivity contribution in [3.8, 4) is 0 Å². The SMILES string of the molecule is CC(C)NC1CCN(CCOCC2CC2)C1=O. The highest BCUT2D eigenvalue weighted by Crippen LogP contribution is 2.28. The lowest BCUT2D eigenvalue weighted by atomic mass is 10.2. The van der Waals surface area contributed by atoms with Crippen LogP contribution in [0.3, 0.4) is 0 Å². The van der Waals surface area contributed by atoms with Crippen LogP contribution in [0.1, 0.15) is 33.1 Å². The van der Waals surface area contributed by atoms with Crippen LogP contribution in [-0.2, 0) is 9.53 Å². The Morgan fingerprint density at radius 1 is 1.41 bits per heavy atom. The molecule has 2 aliphatic rings.